The number of aliphatic hydroxyl groups excluding tert-OH is 2. The molecule has 0 saturated carbocycles. The smallest absolute Gasteiger partial charge is 0.161 e. The molecule has 2 N–H and O–H groups in total. The van der Waals surface area contributed by atoms with Gasteiger partial charge in [0, 0.05) is 13.0 Å². The van der Waals surface area contributed by atoms with Gasteiger partial charge in [0.05, 0.1) is 0 Å². The number of hydrogen-bond donors (Lipinski definition) is 2. The van der Waals surface area contributed by atoms with Gasteiger partial charge in [-0.1, -0.05) is 0 Å². The average molecular weight is 132 g/mol. The van der Waals surface area contributed by atoms with Crippen molar-refractivity contribution in [3.63, 3.8) is 0 Å². The molecule has 0 unspecified atom stereocenters. The molecule has 0 rings (SSSR count). The van der Waals surface area contributed by atoms with Crippen LogP contribution in [0.2, 0.25) is 0 Å². The molecule has 0 spiro atoms. The Kier molecular flexibility index (Phi) is 4.26. The fourth-order valence-corrected chi connectivity index (χ4v) is 0.462. The van der Waals surface area contributed by atoms with Gasteiger partial charge in [0.15, 0.2) is 5.78 Å². The second-order valence-electron chi connectivity index (χ2n) is 1.97. The fraction of sp³-hybridized carbons (Fsp3) is 0.833. The summed E-state index contributed by atoms with van der Waals surface area (Å²) in [6.07, 6.45) is -0.158. The number of ketones is 1. The van der Waals surface area contributed by atoms with Gasteiger partial charge in [-0.25, -0.2) is 0 Å². The van der Waals surface area contributed by atoms with E-state index < -0.39 is 6.10 Å². The Hall–Kier alpha value is -0.410. The molecule has 54 valence electrons. The summed E-state index contributed by atoms with van der Waals surface area (Å²) in [5.74, 6) is -0.205. The minimum absolute atomic E-state index is 0.0124. The van der Waals surface area contributed by atoms with Gasteiger partial charge in [0.2, 0.25) is 0 Å². The zero-order valence-electron chi connectivity index (χ0n) is 5.50. The molecule has 0 heterocycles. The highest BCUT2D eigenvalue weighted by Gasteiger charge is 2.06. The summed E-state index contributed by atoms with van der Waals surface area (Å²) >= 11 is 0. The van der Waals surface area contributed by atoms with E-state index in [9.17, 15) is 4.79 Å². The number of rotatable bonds is 4. The first kappa shape index (κ1) is 8.59. The van der Waals surface area contributed by atoms with Gasteiger partial charge in [0.1, 0.15) is 6.10 Å². The minimum Gasteiger partial charge on any atom is -0.396 e. The Morgan fingerprint density at radius 1 is 1.67 bits per heavy atom. The van der Waals surface area contributed by atoms with E-state index >= 15 is 0 Å². The van der Waals surface area contributed by atoms with E-state index in [4.69, 9.17) is 10.2 Å². The lowest BCUT2D eigenvalue weighted by molar-refractivity contribution is -0.126. The van der Waals surface area contributed by atoms with Crippen molar-refractivity contribution in [1.29, 1.82) is 0 Å². The van der Waals surface area contributed by atoms with Crippen LogP contribution in [0.4, 0.5) is 0 Å². The molecule has 0 aromatic rings. The lowest BCUT2D eigenvalue weighted by Crippen LogP contribution is -2.15. The van der Waals surface area contributed by atoms with E-state index in [1.165, 1.54) is 6.92 Å². The lowest BCUT2D eigenvalue weighted by Gasteiger charge is -1.99. The highest BCUT2D eigenvalue weighted by molar-refractivity contribution is 5.82. The highest BCUT2D eigenvalue weighted by atomic mass is 16.3. The van der Waals surface area contributed by atoms with Crippen LogP contribution in [0, 0.1) is 0 Å². The molecular formula is C6H12O3. The molecule has 0 bridgehead atoms. The van der Waals surface area contributed by atoms with E-state index in [0.717, 1.165) is 0 Å². The first-order valence-corrected chi connectivity index (χ1v) is 3.00. The van der Waals surface area contributed by atoms with Crippen molar-refractivity contribution in [1.82, 2.24) is 0 Å². The van der Waals surface area contributed by atoms with Crippen LogP contribution in [0.1, 0.15) is 19.8 Å². The standard InChI is InChI=1S/C6H12O3/c1-5(8)6(9)3-2-4-7/h5,7-8H,2-4H2,1H3/t5-/m0/s1. The third kappa shape index (κ3) is 4.12. The van der Waals surface area contributed by atoms with Crippen LogP contribution in [0.25, 0.3) is 0 Å². The Morgan fingerprint density at radius 2 is 2.22 bits per heavy atom. The molecule has 0 aliphatic rings. The summed E-state index contributed by atoms with van der Waals surface area (Å²) in [5, 5.41) is 16.9. The molecule has 0 aliphatic carbocycles. The summed E-state index contributed by atoms with van der Waals surface area (Å²) in [5.41, 5.74) is 0. The van der Waals surface area contributed by atoms with Crippen molar-refractivity contribution in [3.05, 3.63) is 0 Å². The van der Waals surface area contributed by atoms with Gasteiger partial charge < -0.3 is 10.2 Å². The number of carbonyl (C=O) groups excluding carboxylic acids is 1. The molecular weight excluding hydrogens is 120 g/mol. The topological polar surface area (TPSA) is 57.5 Å². The Bertz CT molecular complexity index is 88.3. The molecule has 3 heteroatoms. The molecule has 0 aromatic heterocycles. The van der Waals surface area contributed by atoms with E-state index in [0.29, 0.717) is 6.42 Å². The molecule has 0 aliphatic heterocycles. The summed E-state index contributed by atoms with van der Waals surface area (Å²) in [4.78, 5) is 10.5. The normalized spacial score (nSPS) is 13.2. The number of hydrogen-bond acceptors (Lipinski definition) is 3. The van der Waals surface area contributed by atoms with Gasteiger partial charge in [-0.2, -0.15) is 0 Å². The number of Topliss-reactive ketones (excluding diaryl/α,β-unsaturated/α-hetero) is 1. The molecule has 3 nitrogen and oxygen atoms in total. The van der Waals surface area contributed by atoms with E-state index in [1.54, 1.807) is 0 Å². The third-order valence-corrected chi connectivity index (χ3v) is 1.05. The first-order valence-electron chi connectivity index (χ1n) is 3.00. The monoisotopic (exact) mass is 132 g/mol. The molecule has 1 atom stereocenters. The predicted molar refractivity (Wildman–Crippen MR) is 33.0 cm³/mol. The second-order valence-corrected chi connectivity index (χ2v) is 1.97. The largest absolute Gasteiger partial charge is 0.396 e. The van der Waals surface area contributed by atoms with Gasteiger partial charge >= 0.3 is 0 Å². The van der Waals surface area contributed by atoms with E-state index in [-0.39, 0.29) is 18.8 Å². The maximum atomic E-state index is 10.5. The average Bonchev–Trinajstić information content (AvgIpc) is 1.82. The van der Waals surface area contributed by atoms with Gasteiger partial charge in [0.25, 0.3) is 0 Å². The summed E-state index contributed by atoms with van der Waals surface area (Å²) in [7, 11) is 0. The van der Waals surface area contributed by atoms with E-state index in [2.05, 4.69) is 0 Å². The molecule has 0 aromatic carbocycles. The molecule has 0 saturated heterocycles. The fourth-order valence-electron chi connectivity index (χ4n) is 0.462. The maximum Gasteiger partial charge on any atom is 0.161 e. The number of aliphatic hydroxyl groups is 2. The van der Waals surface area contributed by atoms with Crippen LogP contribution in [0.3, 0.4) is 0 Å². The van der Waals surface area contributed by atoms with Crippen LogP contribution >= 0.6 is 0 Å². The van der Waals surface area contributed by atoms with Crippen LogP contribution in [-0.2, 0) is 4.79 Å². The van der Waals surface area contributed by atoms with Crippen LogP contribution in [0.15, 0.2) is 0 Å². The Balaban J connectivity index is 3.28. The Morgan fingerprint density at radius 3 is 2.56 bits per heavy atom. The van der Waals surface area contributed by atoms with E-state index in [1.807, 2.05) is 0 Å². The Labute approximate surface area is 54.3 Å². The zero-order valence-corrected chi connectivity index (χ0v) is 5.50. The molecule has 0 fully saturated rings. The second kappa shape index (κ2) is 4.47. The lowest BCUT2D eigenvalue weighted by atomic mass is 10.1. The van der Waals surface area contributed by atoms with Crippen molar-refractivity contribution < 1.29 is 15.0 Å². The van der Waals surface area contributed by atoms with Crippen molar-refractivity contribution in [2.75, 3.05) is 6.61 Å². The van der Waals surface area contributed by atoms with Crippen molar-refractivity contribution >= 4 is 5.78 Å². The summed E-state index contributed by atoms with van der Waals surface area (Å²) in [6.45, 7) is 1.44. The molecule has 9 heavy (non-hydrogen) atoms. The quantitative estimate of drug-likeness (QED) is 0.552. The minimum atomic E-state index is -0.878. The van der Waals surface area contributed by atoms with Crippen LogP contribution in [-0.4, -0.2) is 28.7 Å². The van der Waals surface area contributed by atoms with Gasteiger partial charge in [-0.15, -0.1) is 0 Å². The maximum absolute atomic E-state index is 10.5. The van der Waals surface area contributed by atoms with Crippen molar-refractivity contribution in [3.8, 4) is 0 Å². The molecule has 0 radical (unpaired) electrons. The first-order chi connectivity index (χ1) is 4.18. The van der Waals surface area contributed by atoms with Crippen LogP contribution in [0.5, 0.6) is 0 Å². The third-order valence-electron chi connectivity index (χ3n) is 1.05. The summed E-state index contributed by atoms with van der Waals surface area (Å²) < 4.78 is 0. The zero-order chi connectivity index (χ0) is 7.28. The summed E-state index contributed by atoms with van der Waals surface area (Å²) in [6, 6.07) is 0. The SMILES string of the molecule is C[C@H](O)C(=O)CCCO. The molecule has 0 amide bonds. The number of carbonyl (C=O) groups is 1. The predicted octanol–water partition coefficient (Wildman–Crippen LogP) is -0.291. The highest BCUT2D eigenvalue weighted by Crippen LogP contribution is 1.93. The van der Waals surface area contributed by atoms with Crippen molar-refractivity contribution in [2.24, 2.45) is 0 Å². The van der Waals surface area contributed by atoms with Crippen LogP contribution < -0.4 is 0 Å². The van der Waals surface area contributed by atoms with Gasteiger partial charge in [-0.05, 0) is 13.3 Å². The van der Waals surface area contributed by atoms with Gasteiger partial charge in [-0.3, -0.25) is 4.79 Å². The van der Waals surface area contributed by atoms with Crippen molar-refractivity contribution in [2.45, 2.75) is 25.9 Å².